The number of aromatic nitrogens is 1. The summed E-state index contributed by atoms with van der Waals surface area (Å²) < 4.78 is 2.02. The van der Waals surface area contributed by atoms with Gasteiger partial charge < -0.3 is 15.0 Å². The van der Waals surface area contributed by atoms with Gasteiger partial charge in [0, 0.05) is 43.5 Å². The van der Waals surface area contributed by atoms with E-state index in [2.05, 4.69) is 10.2 Å². The van der Waals surface area contributed by atoms with Crippen LogP contribution in [0.2, 0.25) is 0 Å². The summed E-state index contributed by atoms with van der Waals surface area (Å²) in [5.74, 6) is -0.0364. The lowest BCUT2D eigenvalue weighted by atomic mass is 10.0. The summed E-state index contributed by atoms with van der Waals surface area (Å²) in [6.45, 7) is 2.62. The number of carbonyl (C=O) groups is 1. The average Bonchev–Trinajstić information content (AvgIpc) is 2.96. The fraction of sp³-hybridized carbons (Fsp3) is 0.500. The number of aliphatic hydroxyl groups is 1. The number of nitrogens with one attached hydrogen (secondary N) is 1. The fourth-order valence-electron chi connectivity index (χ4n) is 3.38. The van der Waals surface area contributed by atoms with Crippen LogP contribution in [0.1, 0.15) is 29.6 Å². The molecule has 0 aliphatic carbocycles. The third kappa shape index (κ3) is 3.57. The topological polar surface area (TPSA) is 57.5 Å². The van der Waals surface area contributed by atoms with E-state index in [9.17, 15) is 9.90 Å². The molecule has 0 saturated carbocycles. The first kappa shape index (κ1) is 16.0. The van der Waals surface area contributed by atoms with E-state index in [1.54, 1.807) is 0 Å². The number of aliphatic hydroxyl groups excluding tert-OH is 1. The Labute approximate surface area is 136 Å². The molecule has 1 saturated heterocycles. The maximum Gasteiger partial charge on any atom is 0.251 e. The van der Waals surface area contributed by atoms with Crippen molar-refractivity contribution in [2.24, 2.45) is 7.05 Å². The number of carbonyl (C=O) groups excluding carboxylic acids is 1. The van der Waals surface area contributed by atoms with Crippen LogP contribution in [-0.4, -0.2) is 52.8 Å². The Bertz CT molecular complexity index is 680. The molecular weight excluding hydrogens is 290 g/mol. The van der Waals surface area contributed by atoms with Gasteiger partial charge in [0.25, 0.3) is 5.91 Å². The summed E-state index contributed by atoms with van der Waals surface area (Å²) in [6.07, 6.45) is 5.41. The standard InChI is InChI=1S/C18H25N3O2/c1-20-10-7-14-5-6-15(12-17(14)20)18(23)19-8-11-21-9-3-2-4-16(21)13-22/h5-7,10,12,16,22H,2-4,8-9,11,13H2,1H3,(H,19,23). The summed E-state index contributed by atoms with van der Waals surface area (Å²) >= 11 is 0. The molecule has 1 aromatic heterocycles. The molecule has 1 fully saturated rings. The van der Waals surface area contributed by atoms with E-state index in [0.717, 1.165) is 30.4 Å². The molecule has 1 aliphatic rings. The summed E-state index contributed by atoms with van der Waals surface area (Å²) in [6, 6.07) is 8.08. The normalized spacial score (nSPS) is 19.1. The van der Waals surface area contributed by atoms with Crippen LogP contribution in [0.15, 0.2) is 30.5 Å². The molecule has 2 aromatic rings. The summed E-state index contributed by atoms with van der Waals surface area (Å²) in [7, 11) is 1.98. The number of fused-ring (bicyclic) bond motifs is 1. The van der Waals surface area contributed by atoms with Gasteiger partial charge in [-0.15, -0.1) is 0 Å². The lowest BCUT2D eigenvalue weighted by molar-refractivity contribution is 0.0849. The Balaban J connectivity index is 1.56. The van der Waals surface area contributed by atoms with E-state index in [1.165, 1.54) is 12.8 Å². The third-order valence-corrected chi connectivity index (χ3v) is 4.79. The summed E-state index contributed by atoms with van der Waals surface area (Å²) in [5, 5.41) is 13.6. The van der Waals surface area contributed by atoms with Crippen molar-refractivity contribution in [3.05, 3.63) is 36.0 Å². The number of piperidine rings is 1. The minimum Gasteiger partial charge on any atom is -0.395 e. The highest BCUT2D eigenvalue weighted by Crippen LogP contribution is 2.17. The van der Waals surface area contributed by atoms with Crippen LogP contribution in [0.25, 0.3) is 10.9 Å². The van der Waals surface area contributed by atoms with Crippen molar-refractivity contribution < 1.29 is 9.90 Å². The van der Waals surface area contributed by atoms with E-state index in [1.807, 2.05) is 42.1 Å². The molecule has 124 valence electrons. The first-order valence-corrected chi connectivity index (χ1v) is 8.37. The molecule has 0 spiro atoms. The first-order valence-electron chi connectivity index (χ1n) is 8.37. The highest BCUT2D eigenvalue weighted by atomic mass is 16.3. The Morgan fingerprint density at radius 3 is 3.04 bits per heavy atom. The molecule has 1 aliphatic heterocycles. The Hall–Kier alpha value is -1.85. The zero-order chi connectivity index (χ0) is 16.2. The van der Waals surface area contributed by atoms with Crippen LogP contribution in [0.5, 0.6) is 0 Å². The van der Waals surface area contributed by atoms with Crippen molar-refractivity contribution in [2.75, 3.05) is 26.2 Å². The van der Waals surface area contributed by atoms with Crippen molar-refractivity contribution >= 4 is 16.8 Å². The molecule has 23 heavy (non-hydrogen) atoms. The Morgan fingerprint density at radius 2 is 2.22 bits per heavy atom. The van der Waals surface area contributed by atoms with Crippen molar-refractivity contribution in [1.29, 1.82) is 0 Å². The van der Waals surface area contributed by atoms with Gasteiger partial charge in [-0.2, -0.15) is 0 Å². The number of rotatable bonds is 5. The van der Waals surface area contributed by atoms with Crippen LogP contribution in [0.4, 0.5) is 0 Å². The average molecular weight is 315 g/mol. The van der Waals surface area contributed by atoms with Crippen molar-refractivity contribution in [2.45, 2.75) is 25.3 Å². The minimum absolute atomic E-state index is 0.0364. The SMILES string of the molecule is Cn1ccc2ccc(C(=O)NCCN3CCCCC3CO)cc21. The van der Waals surface area contributed by atoms with Gasteiger partial charge >= 0.3 is 0 Å². The molecule has 1 unspecified atom stereocenters. The monoisotopic (exact) mass is 315 g/mol. The first-order chi connectivity index (χ1) is 11.2. The van der Waals surface area contributed by atoms with Crippen molar-refractivity contribution in [3.8, 4) is 0 Å². The van der Waals surface area contributed by atoms with E-state index in [4.69, 9.17) is 0 Å². The summed E-state index contributed by atoms with van der Waals surface area (Å²) in [4.78, 5) is 14.6. The van der Waals surface area contributed by atoms with Crippen molar-refractivity contribution in [1.82, 2.24) is 14.8 Å². The second-order valence-corrected chi connectivity index (χ2v) is 6.32. The predicted octanol–water partition coefficient (Wildman–Crippen LogP) is 1.75. The Kier molecular flexibility index (Phi) is 4.98. The molecule has 1 amide bonds. The van der Waals surface area contributed by atoms with Gasteiger partial charge in [-0.25, -0.2) is 0 Å². The lowest BCUT2D eigenvalue weighted by Gasteiger charge is -2.34. The zero-order valence-corrected chi connectivity index (χ0v) is 13.7. The molecule has 1 atom stereocenters. The number of benzene rings is 1. The molecule has 2 N–H and O–H groups in total. The summed E-state index contributed by atoms with van der Waals surface area (Å²) in [5.41, 5.74) is 1.76. The van der Waals surface area contributed by atoms with E-state index < -0.39 is 0 Å². The van der Waals surface area contributed by atoms with Crippen LogP contribution in [0.3, 0.4) is 0 Å². The van der Waals surface area contributed by atoms with E-state index in [0.29, 0.717) is 12.1 Å². The largest absolute Gasteiger partial charge is 0.395 e. The van der Waals surface area contributed by atoms with Gasteiger partial charge in [0.1, 0.15) is 0 Å². The number of aryl methyl sites for hydroxylation is 1. The molecule has 5 heteroatoms. The van der Waals surface area contributed by atoms with Gasteiger partial charge in [0.15, 0.2) is 0 Å². The van der Waals surface area contributed by atoms with Crippen LogP contribution >= 0.6 is 0 Å². The predicted molar refractivity (Wildman–Crippen MR) is 91.6 cm³/mol. The molecule has 3 rings (SSSR count). The second kappa shape index (κ2) is 7.15. The minimum atomic E-state index is -0.0364. The highest BCUT2D eigenvalue weighted by molar-refractivity contribution is 5.98. The fourth-order valence-corrected chi connectivity index (χ4v) is 3.38. The van der Waals surface area contributed by atoms with E-state index in [-0.39, 0.29) is 18.6 Å². The molecule has 1 aromatic carbocycles. The van der Waals surface area contributed by atoms with Gasteiger partial charge in [-0.3, -0.25) is 9.69 Å². The lowest BCUT2D eigenvalue weighted by Crippen LogP contribution is -2.45. The molecular formula is C18H25N3O2. The van der Waals surface area contributed by atoms with Crippen LogP contribution < -0.4 is 5.32 Å². The van der Waals surface area contributed by atoms with Gasteiger partial charge in [0.05, 0.1) is 6.61 Å². The van der Waals surface area contributed by atoms with Crippen LogP contribution in [0, 0.1) is 0 Å². The molecule has 0 bridgehead atoms. The van der Waals surface area contributed by atoms with Crippen LogP contribution in [-0.2, 0) is 7.05 Å². The zero-order valence-electron chi connectivity index (χ0n) is 13.7. The highest BCUT2D eigenvalue weighted by Gasteiger charge is 2.21. The number of nitrogens with zero attached hydrogens (tertiary/aromatic N) is 2. The van der Waals surface area contributed by atoms with E-state index >= 15 is 0 Å². The molecule has 2 heterocycles. The molecule has 0 radical (unpaired) electrons. The van der Waals surface area contributed by atoms with Gasteiger partial charge in [-0.1, -0.05) is 12.5 Å². The number of amides is 1. The van der Waals surface area contributed by atoms with Crippen molar-refractivity contribution in [3.63, 3.8) is 0 Å². The smallest absolute Gasteiger partial charge is 0.251 e. The maximum absolute atomic E-state index is 12.3. The maximum atomic E-state index is 12.3. The van der Waals surface area contributed by atoms with Gasteiger partial charge in [-0.05, 0) is 43.0 Å². The quantitative estimate of drug-likeness (QED) is 0.884. The third-order valence-electron chi connectivity index (χ3n) is 4.79. The molecule has 5 nitrogen and oxygen atoms in total. The van der Waals surface area contributed by atoms with Gasteiger partial charge in [0.2, 0.25) is 0 Å². The number of hydrogen-bond donors (Lipinski definition) is 2. The second-order valence-electron chi connectivity index (χ2n) is 6.32. The Morgan fingerprint density at radius 1 is 1.35 bits per heavy atom. The number of hydrogen-bond acceptors (Lipinski definition) is 3. The number of likely N-dealkylation sites (tertiary alicyclic amines) is 1.